The van der Waals surface area contributed by atoms with Gasteiger partial charge >= 0.3 is 5.97 Å². The van der Waals surface area contributed by atoms with Crippen LogP contribution < -0.4 is 5.32 Å². The SMILES string of the molecule is COC(=O)[C@@H](C)NC(=O)c1cn(C)c2ccccc12. The summed E-state index contributed by atoms with van der Waals surface area (Å²) in [6.07, 6.45) is 1.75. The molecular formula is C14H16N2O3. The molecule has 0 bridgehead atoms. The highest BCUT2D eigenvalue weighted by Gasteiger charge is 2.19. The van der Waals surface area contributed by atoms with Crippen LogP contribution in [0.2, 0.25) is 0 Å². The van der Waals surface area contributed by atoms with Crippen molar-refractivity contribution in [2.24, 2.45) is 7.05 Å². The summed E-state index contributed by atoms with van der Waals surface area (Å²) < 4.78 is 6.46. The number of hydrogen-bond donors (Lipinski definition) is 1. The highest BCUT2D eigenvalue weighted by atomic mass is 16.5. The van der Waals surface area contributed by atoms with Gasteiger partial charge in [0, 0.05) is 24.1 Å². The number of esters is 1. The van der Waals surface area contributed by atoms with Crippen LogP contribution in [0, 0.1) is 0 Å². The molecular weight excluding hydrogens is 244 g/mol. The van der Waals surface area contributed by atoms with Gasteiger partial charge in [0.2, 0.25) is 0 Å². The Morgan fingerprint density at radius 2 is 2.00 bits per heavy atom. The van der Waals surface area contributed by atoms with Gasteiger partial charge in [-0.1, -0.05) is 18.2 Å². The lowest BCUT2D eigenvalue weighted by molar-refractivity contribution is -0.142. The minimum atomic E-state index is -0.670. The number of nitrogens with one attached hydrogen (secondary N) is 1. The van der Waals surface area contributed by atoms with Crippen LogP contribution in [0.25, 0.3) is 10.9 Å². The molecule has 1 aromatic heterocycles. The Hall–Kier alpha value is -2.30. The number of fused-ring (bicyclic) bond motifs is 1. The molecule has 19 heavy (non-hydrogen) atoms. The molecule has 0 saturated carbocycles. The van der Waals surface area contributed by atoms with Gasteiger partial charge in [-0.05, 0) is 13.0 Å². The molecule has 5 heteroatoms. The third-order valence-corrected chi connectivity index (χ3v) is 3.04. The molecule has 2 aromatic rings. The first kappa shape index (κ1) is 13.1. The summed E-state index contributed by atoms with van der Waals surface area (Å²) in [4.78, 5) is 23.5. The van der Waals surface area contributed by atoms with E-state index in [-0.39, 0.29) is 5.91 Å². The van der Waals surface area contributed by atoms with Crippen LogP contribution in [0.5, 0.6) is 0 Å². The molecule has 0 aliphatic carbocycles. The highest BCUT2D eigenvalue weighted by molar-refractivity contribution is 6.07. The van der Waals surface area contributed by atoms with Crippen molar-refractivity contribution in [3.05, 3.63) is 36.0 Å². The highest BCUT2D eigenvalue weighted by Crippen LogP contribution is 2.20. The first-order chi connectivity index (χ1) is 9.04. The van der Waals surface area contributed by atoms with Crippen molar-refractivity contribution < 1.29 is 14.3 Å². The lowest BCUT2D eigenvalue weighted by Gasteiger charge is -2.10. The predicted molar refractivity (Wildman–Crippen MR) is 71.9 cm³/mol. The second-order valence-corrected chi connectivity index (χ2v) is 4.39. The van der Waals surface area contributed by atoms with E-state index < -0.39 is 12.0 Å². The number of hydrogen-bond acceptors (Lipinski definition) is 3. The number of rotatable bonds is 3. The van der Waals surface area contributed by atoms with Crippen molar-refractivity contribution in [3.63, 3.8) is 0 Å². The summed E-state index contributed by atoms with van der Waals surface area (Å²) >= 11 is 0. The number of aryl methyl sites for hydroxylation is 1. The Bertz CT molecular complexity index is 631. The number of amides is 1. The lowest BCUT2D eigenvalue weighted by Crippen LogP contribution is -2.39. The fourth-order valence-corrected chi connectivity index (χ4v) is 2.03. The van der Waals surface area contributed by atoms with E-state index in [0.29, 0.717) is 5.56 Å². The van der Waals surface area contributed by atoms with Gasteiger partial charge in [0.1, 0.15) is 6.04 Å². The van der Waals surface area contributed by atoms with Gasteiger partial charge < -0.3 is 14.6 Å². The molecule has 0 spiro atoms. The quantitative estimate of drug-likeness (QED) is 0.850. The molecule has 0 fully saturated rings. The third-order valence-electron chi connectivity index (χ3n) is 3.04. The van der Waals surface area contributed by atoms with Crippen LogP contribution >= 0.6 is 0 Å². The second-order valence-electron chi connectivity index (χ2n) is 4.39. The number of para-hydroxylation sites is 1. The van der Waals surface area contributed by atoms with Crippen LogP contribution in [0.15, 0.2) is 30.5 Å². The molecule has 1 heterocycles. The van der Waals surface area contributed by atoms with E-state index in [4.69, 9.17) is 0 Å². The van der Waals surface area contributed by atoms with Crippen molar-refractivity contribution in [2.45, 2.75) is 13.0 Å². The van der Waals surface area contributed by atoms with Gasteiger partial charge in [-0.3, -0.25) is 4.79 Å². The normalized spacial score (nSPS) is 12.2. The summed E-state index contributed by atoms with van der Waals surface area (Å²) in [5.41, 5.74) is 1.52. The summed E-state index contributed by atoms with van der Waals surface area (Å²) in [6.45, 7) is 1.59. The van der Waals surface area contributed by atoms with E-state index in [1.807, 2.05) is 35.9 Å². The number of carbonyl (C=O) groups is 2. The zero-order chi connectivity index (χ0) is 14.0. The zero-order valence-corrected chi connectivity index (χ0v) is 11.1. The first-order valence-electron chi connectivity index (χ1n) is 5.97. The Morgan fingerprint density at radius 1 is 1.32 bits per heavy atom. The maximum Gasteiger partial charge on any atom is 0.328 e. The molecule has 0 aliphatic heterocycles. The van der Waals surface area contributed by atoms with Crippen LogP contribution in [0.4, 0.5) is 0 Å². The topological polar surface area (TPSA) is 60.3 Å². The van der Waals surface area contributed by atoms with E-state index in [9.17, 15) is 9.59 Å². The Labute approximate surface area is 111 Å². The Morgan fingerprint density at radius 3 is 2.68 bits per heavy atom. The minimum Gasteiger partial charge on any atom is -0.467 e. The Kier molecular flexibility index (Phi) is 3.55. The van der Waals surface area contributed by atoms with Gasteiger partial charge in [0.15, 0.2) is 0 Å². The third kappa shape index (κ3) is 2.45. The van der Waals surface area contributed by atoms with E-state index >= 15 is 0 Å². The molecule has 1 amide bonds. The monoisotopic (exact) mass is 260 g/mol. The van der Waals surface area contributed by atoms with Crippen molar-refractivity contribution in [2.75, 3.05) is 7.11 Å². The van der Waals surface area contributed by atoms with Crippen LogP contribution in [0.1, 0.15) is 17.3 Å². The molecule has 5 nitrogen and oxygen atoms in total. The van der Waals surface area contributed by atoms with Gasteiger partial charge in [-0.15, -0.1) is 0 Å². The predicted octanol–water partition coefficient (Wildman–Crippen LogP) is 1.47. The maximum absolute atomic E-state index is 12.2. The van der Waals surface area contributed by atoms with Crippen LogP contribution in [0.3, 0.4) is 0 Å². The summed E-state index contributed by atoms with van der Waals surface area (Å²) in [6, 6.07) is 6.95. The number of carbonyl (C=O) groups excluding carboxylic acids is 2. The standard InChI is InChI=1S/C14H16N2O3/c1-9(14(18)19-3)15-13(17)11-8-16(2)12-7-5-4-6-10(11)12/h4-9H,1-3H3,(H,15,17)/t9-/m1/s1. The van der Waals surface area contributed by atoms with Crippen molar-refractivity contribution in [1.29, 1.82) is 0 Å². The van der Waals surface area contributed by atoms with Crippen molar-refractivity contribution in [3.8, 4) is 0 Å². The average molecular weight is 260 g/mol. The van der Waals surface area contributed by atoms with Gasteiger partial charge in [0.25, 0.3) is 5.91 Å². The van der Waals surface area contributed by atoms with Gasteiger partial charge in [-0.2, -0.15) is 0 Å². The van der Waals surface area contributed by atoms with Gasteiger partial charge in [-0.25, -0.2) is 4.79 Å². The fraction of sp³-hybridized carbons (Fsp3) is 0.286. The van der Waals surface area contributed by atoms with Gasteiger partial charge in [0.05, 0.1) is 12.7 Å². The molecule has 2 rings (SSSR count). The molecule has 0 radical (unpaired) electrons. The largest absolute Gasteiger partial charge is 0.467 e. The molecule has 1 atom stereocenters. The number of nitrogens with zero attached hydrogens (tertiary/aromatic N) is 1. The summed E-state index contributed by atoms with van der Waals surface area (Å²) in [5.74, 6) is -0.747. The van der Waals surface area contributed by atoms with E-state index in [2.05, 4.69) is 10.1 Å². The lowest BCUT2D eigenvalue weighted by atomic mass is 10.1. The Balaban J connectivity index is 2.30. The molecule has 1 aromatic carbocycles. The second kappa shape index (κ2) is 5.14. The number of methoxy groups -OCH3 is 1. The zero-order valence-electron chi connectivity index (χ0n) is 11.1. The fourth-order valence-electron chi connectivity index (χ4n) is 2.03. The smallest absolute Gasteiger partial charge is 0.328 e. The van der Waals surface area contributed by atoms with Crippen molar-refractivity contribution in [1.82, 2.24) is 9.88 Å². The number of aromatic nitrogens is 1. The molecule has 100 valence electrons. The van der Waals surface area contributed by atoms with Crippen LogP contribution in [-0.4, -0.2) is 29.6 Å². The average Bonchev–Trinajstić information content (AvgIpc) is 2.76. The van der Waals surface area contributed by atoms with Crippen molar-refractivity contribution >= 4 is 22.8 Å². The molecule has 0 aliphatic rings. The summed E-state index contributed by atoms with van der Waals surface area (Å²) in [5, 5.41) is 3.49. The number of benzene rings is 1. The van der Waals surface area contributed by atoms with E-state index in [1.165, 1.54) is 7.11 Å². The minimum absolute atomic E-state index is 0.283. The number of ether oxygens (including phenoxy) is 1. The van der Waals surface area contributed by atoms with Crippen LogP contribution in [-0.2, 0) is 16.6 Å². The molecule has 0 unspecified atom stereocenters. The van der Waals surface area contributed by atoms with E-state index in [1.54, 1.807) is 13.1 Å². The van der Waals surface area contributed by atoms with E-state index in [0.717, 1.165) is 10.9 Å². The summed E-state index contributed by atoms with van der Waals surface area (Å²) in [7, 11) is 3.17. The molecule has 0 saturated heterocycles. The maximum atomic E-state index is 12.2. The first-order valence-corrected chi connectivity index (χ1v) is 5.97. The molecule has 1 N–H and O–H groups in total.